The van der Waals surface area contributed by atoms with Crippen LogP contribution in [0.25, 0.3) is 0 Å². The highest BCUT2D eigenvalue weighted by Crippen LogP contribution is 2.18. The Kier molecular flexibility index (Phi) is 5.24. The number of rotatable bonds is 2. The molecule has 0 atom stereocenters. The van der Waals surface area contributed by atoms with Gasteiger partial charge in [0.15, 0.2) is 0 Å². The van der Waals surface area contributed by atoms with Crippen molar-refractivity contribution in [3.63, 3.8) is 0 Å². The molecule has 1 saturated heterocycles. The number of carbonyl (C=O) groups is 1. The number of hydrogen-bond donors (Lipinski definition) is 1. The molecule has 1 N–H and O–H groups in total. The SMILES string of the molecule is CC(C)(C)OC(=O)N1CC(Nc2ccc(C#C[Si](C)(C)C)nc2)C1. The normalized spacial score (nSPS) is 15.2. The van der Waals surface area contributed by atoms with Crippen LogP contribution in [0.15, 0.2) is 18.3 Å². The quantitative estimate of drug-likeness (QED) is 0.660. The monoisotopic (exact) mass is 345 g/mol. The van der Waals surface area contributed by atoms with Crippen LogP contribution < -0.4 is 5.32 Å². The lowest BCUT2D eigenvalue weighted by atomic mass is 10.1. The molecule has 0 spiro atoms. The third-order valence-corrected chi connectivity index (χ3v) is 4.11. The zero-order valence-corrected chi connectivity index (χ0v) is 16.4. The molecule has 0 unspecified atom stereocenters. The van der Waals surface area contributed by atoms with Crippen LogP contribution in [0.1, 0.15) is 26.5 Å². The standard InChI is InChI=1S/C18H27N3O2Si/c1-18(2,3)23-17(22)21-12-16(13-21)20-15-8-7-14(19-11-15)9-10-24(4,5)6/h7-8,11,16,20H,12-13H2,1-6H3. The molecule has 0 bridgehead atoms. The number of amides is 1. The Morgan fingerprint density at radius 2 is 2.00 bits per heavy atom. The van der Waals surface area contributed by atoms with E-state index in [1.54, 1.807) is 11.1 Å². The lowest BCUT2D eigenvalue weighted by Crippen LogP contribution is -2.57. The molecule has 1 aliphatic heterocycles. The van der Waals surface area contributed by atoms with E-state index in [9.17, 15) is 4.79 Å². The van der Waals surface area contributed by atoms with Gasteiger partial charge in [0.05, 0.1) is 17.9 Å². The van der Waals surface area contributed by atoms with E-state index in [1.165, 1.54) is 0 Å². The molecule has 0 saturated carbocycles. The number of hydrogen-bond acceptors (Lipinski definition) is 4. The second-order valence-electron chi connectivity index (χ2n) is 8.16. The molecule has 1 aromatic rings. The predicted molar refractivity (Wildman–Crippen MR) is 99.7 cm³/mol. The molecule has 1 fully saturated rings. The van der Waals surface area contributed by atoms with E-state index in [0.717, 1.165) is 11.4 Å². The molecule has 1 amide bonds. The van der Waals surface area contributed by atoms with Crippen molar-refractivity contribution in [3.05, 3.63) is 24.0 Å². The van der Waals surface area contributed by atoms with Crippen molar-refractivity contribution in [1.82, 2.24) is 9.88 Å². The largest absolute Gasteiger partial charge is 0.444 e. The molecular formula is C18H27N3O2Si. The Balaban J connectivity index is 1.82. The van der Waals surface area contributed by atoms with Gasteiger partial charge in [-0.25, -0.2) is 9.78 Å². The molecule has 1 aromatic heterocycles. The molecule has 0 aliphatic carbocycles. The van der Waals surface area contributed by atoms with Crippen molar-refractivity contribution < 1.29 is 9.53 Å². The molecule has 24 heavy (non-hydrogen) atoms. The van der Waals surface area contributed by atoms with Crippen molar-refractivity contribution in [2.75, 3.05) is 18.4 Å². The maximum atomic E-state index is 11.9. The van der Waals surface area contributed by atoms with Crippen LogP contribution in [-0.2, 0) is 4.74 Å². The van der Waals surface area contributed by atoms with Crippen molar-refractivity contribution >= 4 is 19.9 Å². The highest BCUT2D eigenvalue weighted by molar-refractivity contribution is 6.83. The first-order chi connectivity index (χ1) is 11.0. The van der Waals surface area contributed by atoms with Crippen LogP contribution in [-0.4, -0.2) is 48.8 Å². The van der Waals surface area contributed by atoms with Gasteiger partial charge in [0, 0.05) is 13.1 Å². The summed E-state index contributed by atoms with van der Waals surface area (Å²) in [6.45, 7) is 13.5. The Bertz CT molecular complexity index is 642. The average molecular weight is 346 g/mol. The summed E-state index contributed by atoms with van der Waals surface area (Å²) in [5.74, 6) is 3.14. The van der Waals surface area contributed by atoms with Gasteiger partial charge in [0.25, 0.3) is 0 Å². The first-order valence-corrected chi connectivity index (χ1v) is 11.8. The van der Waals surface area contributed by atoms with Crippen LogP contribution in [0.2, 0.25) is 19.6 Å². The Morgan fingerprint density at radius 3 is 2.50 bits per heavy atom. The summed E-state index contributed by atoms with van der Waals surface area (Å²) >= 11 is 0. The fraction of sp³-hybridized carbons (Fsp3) is 0.556. The van der Waals surface area contributed by atoms with E-state index in [1.807, 2.05) is 32.9 Å². The zero-order valence-electron chi connectivity index (χ0n) is 15.4. The number of ether oxygens (including phenoxy) is 1. The van der Waals surface area contributed by atoms with Crippen LogP contribution in [0, 0.1) is 11.5 Å². The molecule has 2 rings (SSSR count). The molecule has 5 nitrogen and oxygen atoms in total. The third-order valence-electron chi connectivity index (χ3n) is 3.23. The van der Waals surface area contributed by atoms with Crippen molar-refractivity contribution in [2.24, 2.45) is 0 Å². The number of nitrogens with zero attached hydrogens (tertiary/aromatic N) is 2. The van der Waals surface area contributed by atoms with E-state index in [4.69, 9.17) is 4.74 Å². The number of pyridine rings is 1. The lowest BCUT2D eigenvalue weighted by molar-refractivity contribution is 0.0105. The smallest absolute Gasteiger partial charge is 0.410 e. The van der Waals surface area contributed by atoms with E-state index in [-0.39, 0.29) is 12.1 Å². The van der Waals surface area contributed by atoms with Gasteiger partial charge in [0.1, 0.15) is 19.4 Å². The Labute approximate surface area is 145 Å². The second kappa shape index (κ2) is 6.86. The predicted octanol–water partition coefficient (Wildman–Crippen LogP) is 3.34. The van der Waals surface area contributed by atoms with Gasteiger partial charge in [0.2, 0.25) is 0 Å². The number of nitrogens with one attached hydrogen (secondary N) is 1. The maximum Gasteiger partial charge on any atom is 0.410 e. The average Bonchev–Trinajstić information content (AvgIpc) is 2.38. The minimum Gasteiger partial charge on any atom is -0.444 e. The molecule has 1 aliphatic rings. The van der Waals surface area contributed by atoms with Gasteiger partial charge in [-0.05, 0) is 32.9 Å². The number of carbonyl (C=O) groups excluding carboxylic acids is 1. The van der Waals surface area contributed by atoms with Crippen LogP contribution >= 0.6 is 0 Å². The molecule has 0 radical (unpaired) electrons. The molecule has 0 aromatic carbocycles. The molecule has 130 valence electrons. The van der Waals surface area contributed by atoms with Crippen LogP contribution in [0.4, 0.5) is 10.5 Å². The number of aromatic nitrogens is 1. The fourth-order valence-corrected chi connectivity index (χ4v) is 2.59. The van der Waals surface area contributed by atoms with E-state index >= 15 is 0 Å². The second-order valence-corrected chi connectivity index (χ2v) is 12.9. The van der Waals surface area contributed by atoms with E-state index < -0.39 is 13.7 Å². The van der Waals surface area contributed by atoms with Gasteiger partial charge in [-0.1, -0.05) is 25.6 Å². The summed E-state index contributed by atoms with van der Waals surface area (Å²) in [5.41, 5.74) is 4.60. The highest BCUT2D eigenvalue weighted by atomic mass is 28.3. The van der Waals surface area contributed by atoms with Crippen molar-refractivity contribution in [1.29, 1.82) is 0 Å². The van der Waals surface area contributed by atoms with Gasteiger partial charge in [-0.3, -0.25) is 0 Å². The summed E-state index contributed by atoms with van der Waals surface area (Å²) in [6.07, 6.45) is 1.54. The van der Waals surface area contributed by atoms with Crippen molar-refractivity contribution in [3.8, 4) is 11.5 Å². The number of anilines is 1. The molecule has 2 heterocycles. The highest BCUT2D eigenvalue weighted by Gasteiger charge is 2.33. The van der Waals surface area contributed by atoms with E-state index in [2.05, 4.69) is 41.4 Å². The summed E-state index contributed by atoms with van der Waals surface area (Å²) in [7, 11) is -1.38. The first-order valence-electron chi connectivity index (χ1n) is 8.25. The van der Waals surface area contributed by atoms with Crippen LogP contribution in [0.3, 0.4) is 0 Å². The molecular weight excluding hydrogens is 318 g/mol. The number of likely N-dealkylation sites (tertiary alicyclic amines) is 1. The van der Waals surface area contributed by atoms with Gasteiger partial charge >= 0.3 is 6.09 Å². The Morgan fingerprint density at radius 1 is 1.33 bits per heavy atom. The maximum absolute atomic E-state index is 11.9. The van der Waals surface area contributed by atoms with Crippen LogP contribution in [0.5, 0.6) is 0 Å². The first kappa shape index (κ1) is 18.3. The minimum atomic E-state index is -1.38. The third kappa shape index (κ3) is 5.89. The van der Waals surface area contributed by atoms with Gasteiger partial charge in [-0.2, -0.15) is 0 Å². The van der Waals surface area contributed by atoms with Gasteiger partial charge < -0.3 is 15.0 Å². The summed E-state index contributed by atoms with van der Waals surface area (Å²) in [5, 5.41) is 3.37. The fourth-order valence-electron chi connectivity index (χ4n) is 2.09. The summed E-state index contributed by atoms with van der Waals surface area (Å²) < 4.78 is 5.35. The zero-order chi connectivity index (χ0) is 18.0. The van der Waals surface area contributed by atoms with E-state index in [0.29, 0.717) is 13.1 Å². The van der Waals surface area contributed by atoms with Gasteiger partial charge in [-0.15, -0.1) is 5.54 Å². The summed E-state index contributed by atoms with van der Waals surface area (Å²) in [4.78, 5) is 18.0. The lowest BCUT2D eigenvalue weighted by Gasteiger charge is -2.40. The van der Waals surface area contributed by atoms with Crippen molar-refractivity contribution in [2.45, 2.75) is 52.1 Å². The summed E-state index contributed by atoms with van der Waals surface area (Å²) in [6, 6.07) is 4.15. The minimum absolute atomic E-state index is 0.234. The molecule has 6 heteroatoms. The topological polar surface area (TPSA) is 54.5 Å². The Hall–Kier alpha value is -2.00.